The molecule has 0 spiro atoms. The lowest BCUT2D eigenvalue weighted by molar-refractivity contribution is 0.646. The van der Waals surface area contributed by atoms with Gasteiger partial charge in [0.15, 0.2) is 0 Å². The maximum atomic E-state index is 5.55. The average Bonchev–Trinajstić information content (AvgIpc) is 2.03. The number of benzene rings is 1. The standard InChI is InChI=1S/C11H17N.ClH/c1-9(2)6-10-4-3-5-11(7-10)8-12;/h3-5,7,9H,6,8,12H2,1-2H3;1H. The van der Waals surface area contributed by atoms with Gasteiger partial charge in [0, 0.05) is 6.54 Å². The van der Waals surface area contributed by atoms with Crippen molar-refractivity contribution in [1.29, 1.82) is 0 Å². The lowest BCUT2D eigenvalue weighted by atomic mass is 10.0. The third-order valence-electron chi connectivity index (χ3n) is 1.87. The van der Waals surface area contributed by atoms with Crippen molar-refractivity contribution in [2.45, 2.75) is 26.8 Å². The molecular formula is C11H18ClN. The van der Waals surface area contributed by atoms with Gasteiger partial charge in [-0.2, -0.15) is 0 Å². The molecule has 1 nitrogen and oxygen atoms in total. The van der Waals surface area contributed by atoms with E-state index in [1.165, 1.54) is 11.1 Å². The zero-order valence-electron chi connectivity index (χ0n) is 8.29. The summed E-state index contributed by atoms with van der Waals surface area (Å²) in [6.07, 6.45) is 1.15. The van der Waals surface area contributed by atoms with Crippen LogP contribution in [0.5, 0.6) is 0 Å². The first-order valence-corrected chi connectivity index (χ1v) is 4.50. The van der Waals surface area contributed by atoms with Crippen LogP contribution in [0.4, 0.5) is 0 Å². The molecule has 0 saturated carbocycles. The van der Waals surface area contributed by atoms with E-state index in [1.807, 2.05) is 0 Å². The Hall–Kier alpha value is -0.530. The molecule has 0 amide bonds. The minimum absolute atomic E-state index is 0. The highest BCUT2D eigenvalue weighted by Gasteiger charge is 1.97. The van der Waals surface area contributed by atoms with Crippen molar-refractivity contribution in [3.05, 3.63) is 35.4 Å². The molecule has 0 heterocycles. The van der Waals surface area contributed by atoms with Crippen molar-refractivity contribution in [3.63, 3.8) is 0 Å². The Bertz CT molecular complexity index is 246. The van der Waals surface area contributed by atoms with Crippen LogP contribution >= 0.6 is 12.4 Å². The SMILES string of the molecule is CC(C)Cc1cccc(CN)c1.Cl. The molecular weight excluding hydrogens is 182 g/mol. The van der Waals surface area contributed by atoms with Gasteiger partial charge in [-0.3, -0.25) is 0 Å². The molecule has 2 N–H and O–H groups in total. The van der Waals surface area contributed by atoms with Crippen LogP contribution in [-0.4, -0.2) is 0 Å². The first-order valence-electron chi connectivity index (χ1n) is 4.50. The van der Waals surface area contributed by atoms with Gasteiger partial charge in [-0.05, 0) is 23.5 Å². The average molecular weight is 200 g/mol. The van der Waals surface area contributed by atoms with Crippen molar-refractivity contribution in [2.75, 3.05) is 0 Å². The number of nitrogens with two attached hydrogens (primary N) is 1. The van der Waals surface area contributed by atoms with Crippen molar-refractivity contribution in [2.24, 2.45) is 11.7 Å². The van der Waals surface area contributed by atoms with Gasteiger partial charge in [0.1, 0.15) is 0 Å². The van der Waals surface area contributed by atoms with E-state index >= 15 is 0 Å². The van der Waals surface area contributed by atoms with Crippen LogP contribution < -0.4 is 5.73 Å². The summed E-state index contributed by atoms with van der Waals surface area (Å²) in [5.41, 5.74) is 8.18. The van der Waals surface area contributed by atoms with Gasteiger partial charge >= 0.3 is 0 Å². The van der Waals surface area contributed by atoms with Crippen LogP contribution in [0.3, 0.4) is 0 Å². The maximum Gasteiger partial charge on any atom is 0.0178 e. The summed E-state index contributed by atoms with van der Waals surface area (Å²) in [4.78, 5) is 0. The quantitative estimate of drug-likeness (QED) is 0.796. The fraction of sp³-hybridized carbons (Fsp3) is 0.455. The molecule has 0 aliphatic heterocycles. The van der Waals surface area contributed by atoms with E-state index in [-0.39, 0.29) is 12.4 Å². The Kier molecular flexibility index (Phi) is 5.76. The van der Waals surface area contributed by atoms with Gasteiger partial charge in [0.05, 0.1) is 0 Å². The summed E-state index contributed by atoms with van der Waals surface area (Å²) in [6, 6.07) is 8.52. The molecule has 1 rings (SSSR count). The number of rotatable bonds is 3. The van der Waals surface area contributed by atoms with Crippen LogP contribution in [0.25, 0.3) is 0 Å². The van der Waals surface area contributed by atoms with Crippen LogP contribution in [0.1, 0.15) is 25.0 Å². The van der Waals surface area contributed by atoms with E-state index in [9.17, 15) is 0 Å². The zero-order chi connectivity index (χ0) is 8.97. The van der Waals surface area contributed by atoms with E-state index in [1.54, 1.807) is 0 Å². The number of hydrogen-bond donors (Lipinski definition) is 1. The Morgan fingerprint density at radius 2 is 1.85 bits per heavy atom. The summed E-state index contributed by atoms with van der Waals surface area (Å²) in [5.74, 6) is 0.720. The van der Waals surface area contributed by atoms with E-state index in [4.69, 9.17) is 5.73 Å². The largest absolute Gasteiger partial charge is 0.326 e. The predicted octanol–water partition coefficient (Wildman–Crippen LogP) is 2.77. The lowest BCUT2D eigenvalue weighted by Crippen LogP contribution is -1.99. The summed E-state index contributed by atoms with van der Waals surface area (Å²) in [7, 11) is 0. The third-order valence-corrected chi connectivity index (χ3v) is 1.87. The second-order valence-electron chi connectivity index (χ2n) is 3.62. The second-order valence-corrected chi connectivity index (χ2v) is 3.62. The maximum absolute atomic E-state index is 5.55. The first-order chi connectivity index (χ1) is 5.72. The molecule has 0 atom stereocenters. The van der Waals surface area contributed by atoms with E-state index in [2.05, 4.69) is 38.1 Å². The highest BCUT2D eigenvalue weighted by Crippen LogP contribution is 2.09. The van der Waals surface area contributed by atoms with Gasteiger partial charge < -0.3 is 5.73 Å². The van der Waals surface area contributed by atoms with Gasteiger partial charge in [-0.15, -0.1) is 12.4 Å². The van der Waals surface area contributed by atoms with Crippen LogP contribution in [0, 0.1) is 5.92 Å². The molecule has 0 bridgehead atoms. The molecule has 0 aliphatic rings. The first kappa shape index (κ1) is 12.5. The number of halogens is 1. The minimum Gasteiger partial charge on any atom is -0.326 e. The van der Waals surface area contributed by atoms with Crippen LogP contribution in [-0.2, 0) is 13.0 Å². The summed E-state index contributed by atoms with van der Waals surface area (Å²) >= 11 is 0. The highest BCUT2D eigenvalue weighted by molar-refractivity contribution is 5.85. The highest BCUT2D eigenvalue weighted by atomic mass is 35.5. The zero-order valence-corrected chi connectivity index (χ0v) is 9.10. The van der Waals surface area contributed by atoms with Gasteiger partial charge in [0.25, 0.3) is 0 Å². The molecule has 0 aliphatic carbocycles. The Balaban J connectivity index is 0.00000144. The lowest BCUT2D eigenvalue weighted by Gasteiger charge is -2.05. The molecule has 2 heteroatoms. The van der Waals surface area contributed by atoms with Crippen molar-refractivity contribution in [1.82, 2.24) is 0 Å². The molecule has 13 heavy (non-hydrogen) atoms. The third kappa shape index (κ3) is 4.30. The van der Waals surface area contributed by atoms with E-state index < -0.39 is 0 Å². The molecule has 0 saturated heterocycles. The normalized spacial score (nSPS) is 9.85. The molecule has 0 radical (unpaired) electrons. The van der Waals surface area contributed by atoms with E-state index in [0.717, 1.165) is 12.3 Å². The summed E-state index contributed by atoms with van der Waals surface area (Å²) in [5, 5.41) is 0. The van der Waals surface area contributed by atoms with Gasteiger partial charge in [-0.1, -0.05) is 38.1 Å². The van der Waals surface area contributed by atoms with Crippen molar-refractivity contribution >= 4 is 12.4 Å². The Morgan fingerprint density at radius 3 is 2.38 bits per heavy atom. The smallest absolute Gasteiger partial charge is 0.0178 e. The molecule has 0 fully saturated rings. The Labute approximate surface area is 86.7 Å². The summed E-state index contributed by atoms with van der Waals surface area (Å²) in [6.45, 7) is 5.11. The topological polar surface area (TPSA) is 26.0 Å². The van der Waals surface area contributed by atoms with Gasteiger partial charge in [0.2, 0.25) is 0 Å². The monoisotopic (exact) mass is 199 g/mol. The predicted molar refractivity (Wildman–Crippen MR) is 60.1 cm³/mol. The fourth-order valence-electron chi connectivity index (χ4n) is 1.36. The molecule has 0 unspecified atom stereocenters. The number of hydrogen-bond acceptors (Lipinski definition) is 1. The van der Waals surface area contributed by atoms with Crippen LogP contribution in [0.15, 0.2) is 24.3 Å². The minimum atomic E-state index is 0. The van der Waals surface area contributed by atoms with Crippen molar-refractivity contribution in [3.8, 4) is 0 Å². The van der Waals surface area contributed by atoms with E-state index in [0.29, 0.717) is 6.54 Å². The molecule has 74 valence electrons. The summed E-state index contributed by atoms with van der Waals surface area (Å²) < 4.78 is 0. The fourth-order valence-corrected chi connectivity index (χ4v) is 1.36. The second kappa shape index (κ2) is 6.01. The molecule has 0 aromatic heterocycles. The Morgan fingerprint density at radius 1 is 1.23 bits per heavy atom. The van der Waals surface area contributed by atoms with Crippen molar-refractivity contribution < 1.29 is 0 Å². The molecule has 1 aromatic carbocycles. The molecule has 1 aromatic rings. The van der Waals surface area contributed by atoms with Crippen LogP contribution in [0.2, 0.25) is 0 Å². The van der Waals surface area contributed by atoms with Gasteiger partial charge in [-0.25, -0.2) is 0 Å².